The summed E-state index contributed by atoms with van der Waals surface area (Å²) < 4.78 is 0. The first-order chi connectivity index (χ1) is 16.8. The van der Waals surface area contributed by atoms with Crippen LogP contribution >= 0.6 is 11.3 Å². The lowest BCUT2D eigenvalue weighted by Gasteiger charge is -2.35. The minimum atomic E-state index is -0.515. The predicted molar refractivity (Wildman–Crippen MR) is 132 cm³/mol. The maximum absolute atomic E-state index is 12.7. The maximum Gasteiger partial charge on any atom is 0.293 e. The number of amides is 3. The second kappa shape index (κ2) is 10.3. The first-order valence-corrected chi connectivity index (χ1v) is 11.6. The summed E-state index contributed by atoms with van der Waals surface area (Å²) in [5, 5.41) is 19.3. The van der Waals surface area contributed by atoms with Gasteiger partial charge in [0.05, 0.1) is 4.92 Å². The molecule has 1 saturated heterocycles. The average molecular weight is 495 g/mol. The van der Waals surface area contributed by atoms with Crippen molar-refractivity contribution in [3.63, 3.8) is 0 Å². The van der Waals surface area contributed by atoms with Gasteiger partial charge in [-0.1, -0.05) is 0 Å². The Hall–Kier alpha value is -4.32. The largest absolute Gasteiger partial charge is 0.362 e. The number of benzene rings is 2. The molecule has 3 aromatic rings. The van der Waals surface area contributed by atoms with Gasteiger partial charge in [0.2, 0.25) is 5.91 Å². The van der Waals surface area contributed by atoms with Gasteiger partial charge in [0.15, 0.2) is 5.13 Å². The lowest BCUT2D eigenvalue weighted by molar-refractivity contribution is -0.384. The third-order valence-corrected chi connectivity index (χ3v) is 6.25. The van der Waals surface area contributed by atoms with Crippen molar-refractivity contribution in [1.29, 1.82) is 0 Å². The van der Waals surface area contributed by atoms with Gasteiger partial charge in [0.1, 0.15) is 5.69 Å². The topological polar surface area (TPSA) is 138 Å². The lowest BCUT2D eigenvalue weighted by atomic mass is 10.1. The Morgan fingerprint density at radius 1 is 0.971 bits per heavy atom. The number of piperazine rings is 1. The smallest absolute Gasteiger partial charge is 0.293 e. The number of nitrogens with one attached hydrogen (secondary N) is 2. The number of nitro groups is 1. The van der Waals surface area contributed by atoms with Gasteiger partial charge >= 0.3 is 0 Å². The van der Waals surface area contributed by atoms with Crippen LogP contribution in [-0.2, 0) is 4.79 Å². The van der Waals surface area contributed by atoms with E-state index in [4.69, 9.17) is 0 Å². The predicted octanol–water partition coefficient (Wildman–Crippen LogP) is 3.22. The number of carbonyl (C=O) groups is 3. The van der Waals surface area contributed by atoms with Crippen molar-refractivity contribution in [2.45, 2.75) is 6.92 Å². The van der Waals surface area contributed by atoms with Crippen LogP contribution in [0.3, 0.4) is 0 Å². The highest BCUT2D eigenvalue weighted by atomic mass is 32.1. The Morgan fingerprint density at radius 3 is 2.23 bits per heavy atom. The zero-order valence-corrected chi connectivity index (χ0v) is 19.6. The SMILES string of the molecule is CC(=O)N1CCN(c2ccc(C(=O)Nc3ccc(C(=O)Nc4nccs4)cc3)cc2[N+](=O)[O-])CC1. The Balaban J connectivity index is 1.44. The van der Waals surface area contributed by atoms with Crippen LogP contribution in [0.4, 0.5) is 22.2 Å². The van der Waals surface area contributed by atoms with Crippen molar-refractivity contribution >= 4 is 51.3 Å². The van der Waals surface area contributed by atoms with Crippen LogP contribution in [0.5, 0.6) is 0 Å². The van der Waals surface area contributed by atoms with E-state index in [1.54, 1.807) is 46.8 Å². The van der Waals surface area contributed by atoms with Crippen LogP contribution in [0.2, 0.25) is 0 Å². The molecule has 0 atom stereocenters. The van der Waals surface area contributed by atoms with Crippen molar-refractivity contribution < 1.29 is 19.3 Å². The highest BCUT2D eigenvalue weighted by Crippen LogP contribution is 2.30. The average Bonchev–Trinajstić information content (AvgIpc) is 3.37. The van der Waals surface area contributed by atoms with Crippen LogP contribution < -0.4 is 15.5 Å². The first kappa shape index (κ1) is 23.8. The molecule has 2 N–H and O–H groups in total. The zero-order chi connectivity index (χ0) is 24.9. The summed E-state index contributed by atoms with van der Waals surface area (Å²) in [6.07, 6.45) is 1.59. The van der Waals surface area contributed by atoms with Gasteiger partial charge in [0.25, 0.3) is 17.5 Å². The Morgan fingerprint density at radius 2 is 1.63 bits per heavy atom. The number of anilines is 3. The molecule has 0 spiro atoms. The number of carbonyl (C=O) groups excluding carboxylic acids is 3. The normalized spacial score (nSPS) is 13.3. The summed E-state index contributed by atoms with van der Waals surface area (Å²) in [5.74, 6) is -0.867. The summed E-state index contributed by atoms with van der Waals surface area (Å²) in [7, 11) is 0. The second-order valence-electron chi connectivity index (χ2n) is 7.78. The molecule has 0 radical (unpaired) electrons. The third-order valence-electron chi connectivity index (χ3n) is 5.56. The van der Waals surface area contributed by atoms with Gasteiger partial charge in [-0.15, -0.1) is 11.3 Å². The highest BCUT2D eigenvalue weighted by Gasteiger charge is 2.26. The molecule has 35 heavy (non-hydrogen) atoms. The third kappa shape index (κ3) is 5.61. The minimum Gasteiger partial charge on any atom is -0.362 e. The number of aromatic nitrogens is 1. The van der Waals surface area contributed by atoms with Crippen LogP contribution in [0.25, 0.3) is 0 Å². The lowest BCUT2D eigenvalue weighted by Crippen LogP contribution is -2.48. The van der Waals surface area contributed by atoms with E-state index in [9.17, 15) is 24.5 Å². The molecular weight excluding hydrogens is 472 g/mol. The number of nitro benzene ring substituents is 1. The standard InChI is InChI=1S/C23H22N6O5S/c1-15(30)27-9-11-28(12-10-27)19-7-4-17(14-20(19)29(33)34)22(32)25-18-5-2-16(3-6-18)21(31)26-23-24-8-13-35-23/h2-8,13-14H,9-12H2,1H3,(H,25,32)(H,24,26,31). The molecule has 0 unspecified atom stereocenters. The number of hydrogen-bond donors (Lipinski definition) is 2. The summed E-state index contributed by atoms with van der Waals surface area (Å²) in [6, 6.07) is 10.6. The number of thiazole rings is 1. The molecule has 0 aliphatic carbocycles. The molecule has 180 valence electrons. The molecule has 2 heterocycles. The molecule has 12 heteroatoms. The number of nitrogens with zero attached hydrogens (tertiary/aromatic N) is 4. The summed E-state index contributed by atoms with van der Waals surface area (Å²) in [4.78, 5) is 55.3. The maximum atomic E-state index is 12.7. The molecule has 1 aliphatic heterocycles. The van der Waals surface area contributed by atoms with Crippen molar-refractivity contribution in [3.05, 3.63) is 75.3 Å². The molecule has 3 amide bonds. The monoisotopic (exact) mass is 494 g/mol. The van der Waals surface area contributed by atoms with E-state index < -0.39 is 10.8 Å². The summed E-state index contributed by atoms with van der Waals surface area (Å²) in [5.41, 5.74) is 1.19. The van der Waals surface area contributed by atoms with E-state index in [1.807, 2.05) is 4.90 Å². The van der Waals surface area contributed by atoms with Gasteiger partial charge in [-0.25, -0.2) is 4.98 Å². The molecule has 4 rings (SSSR count). The fraction of sp³-hybridized carbons (Fsp3) is 0.217. The number of hydrogen-bond acceptors (Lipinski definition) is 8. The van der Waals surface area contributed by atoms with E-state index in [2.05, 4.69) is 15.6 Å². The van der Waals surface area contributed by atoms with Crippen LogP contribution in [-0.4, -0.2) is 58.7 Å². The van der Waals surface area contributed by atoms with Crippen molar-refractivity contribution in [3.8, 4) is 0 Å². The molecule has 0 bridgehead atoms. The molecule has 2 aromatic carbocycles. The van der Waals surface area contributed by atoms with Crippen LogP contribution in [0.15, 0.2) is 54.0 Å². The minimum absolute atomic E-state index is 0.0284. The van der Waals surface area contributed by atoms with Gasteiger partial charge in [0, 0.05) is 67.6 Å². The fourth-order valence-corrected chi connectivity index (χ4v) is 4.23. The Kier molecular flexibility index (Phi) is 7.01. The molecule has 1 aromatic heterocycles. The van der Waals surface area contributed by atoms with E-state index in [0.29, 0.717) is 48.2 Å². The summed E-state index contributed by atoms with van der Waals surface area (Å²) >= 11 is 1.30. The van der Waals surface area contributed by atoms with Crippen LogP contribution in [0, 0.1) is 10.1 Å². The van der Waals surface area contributed by atoms with E-state index >= 15 is 0 Å². The number of rotatable bonds is 6. The molecular formula is C23H22N6O5S. The Labute approximate surface area is 204 Å². The van der Waals surface area contributed by atoms with Crippen LogP contribution in [0.1, 0.15) is 27.6 Å². The second-order valence-corrected chi connectivity index (χ2v) is 8.67. The van der Waals surface area contributed by atoms with Crippen molar-refractivity contribution in [2.24, 2.45) is 0 Å². The molecule has 1 fully saturated rings. The fourth-order valence-electron chi connectivity index (χ4n) is 3.70. The van der Waals surface area contributed by atoms with E-state index in [0.717, 1.165) is 0 Å². The van der Waals surface area contributed by atoms with E-state index in [-0.39, 0.29) is 23.1 Å². The van der Waals surface area contributed by atoms with Crippen molar-refractivity contribution in [2.75, 3.05) is 41.7 Å². The van der Waals surface area contributed by atoms with Crippen molar-refractivity contribution in [1.82, 2.24) is 9.88 Å². The van der Waals surface area contributed by atoms with Gasteiger partial charge < -0.3 is 15.1 Å². The molecule has 11 nitrogen and oxygen atoms in total. The quantitative estimate of drug-likeness (QED) is 0.396. The first-order valence-electron chi connectivity index (χ1n) is 10.7. The van der Waals surface area contributed by atoms with E-state index in [1.165, 1.54) is 30.4 Å². The Bertz CT molecular complexity index is 1250. The molecule has 1 aliphatic rings. The van der Waals surface area contributed by atoms with Gasteiger partial charge in [-0.3, -0.25) is 29.8 Å². The highest BCUT2D eigenvalue weighted by molar-refractivity contribution is 7.13. The molecule has 0 saturated carbocycles. The zero-order valence-electron chi connectivity index (χ0n) is 18.8. The van der Waals surface area contributed by atoms with Gasteiger partial charge in [-0.05, 0) is 36.4 Å². The van der Waals surface area contributed by atoms with Gasteiger partial charge in [-0.2, -0.15) is 0 Å². The summed E-state index contributed by atoms with van der Waals surface area (Å²) in [6.45, 7) is 3.39.